The summed E-state index contributed by atoms with van der Waals surface area (Å²) in [6.45, 7) is 3.26. The van der Waals surface area contributed by atoms with Crippen molar-refractivity contribution >= 4 is 21.9 Å². The van der Waals surface area contributed by atoms with E-state index in [0.717, 1.165) is 0 Å². The molecule has 0 aromatic heterocycles. The number of amides is 1. The molecule has 1 amide bonds. The molecule has 110 valence electrons. The molecule has 0 saturated carbocycles. The first kappa shape index (κ1) is 16.1. The van der Waals surface area contributed by atoms with Crippen LogP contribution in [0.15, 0.2) is 29.2 Å². The van der Waals surface area contributed by atoms with Crippen LogP contribution in [0, 0.1) is 0 Å². The van der Waals surface area contributed by atoms with E-state index in [4.69, 9.17) is 5.11 Å². The Morgan fingerprint density at radius 1 is 1.25 bits per heavy atom. The summed E-state index contributed by atoms with van der Waals surface area (Å²) in [5.41, 5.74) is 0.188. The fourth-order valence-corrected chi connectivity index (χ4v) is 2.44. The highest BCUT2D eigenvalue weighted by Crippen LogP contribution is 2.10. The first-order chi connectivity index (χ1) is 9.27. The minimum atomic E-state index is -3.57. The molecule has 20 heavy (non-hydrogen) atoms. The van der Waals surface area contributed by atoms with Gasteiger partial charge in [-0.2, -0.15) is 0 Å². The SMILES string of the molecule is CCNS(=O)(=O)c1ccc(C(=O)N[C@H](C)C(=O)O)cc1. The highest BCUT2D eigenvalue weighted by molar-refractivity contribution is 7.89. The predicted octanol–water partition coefficient (Wildman–Crippen LogP) is 0.188. The van der Waals surface area contributed by atoms with Gasteiger partial charge in [0.2, 0.25) is 10.0 Å². The number of hydrogen-bond donors (Lipinski definition) is 3. The third-order valence-corrected chi connectivity index (χ3v) is 4.04. The number of aliphatic carboxylic acids is 1. The molecule has 1 aromatic carbocycles. The Morgan fingerprint density at radius 3 is 2.25 bits per heavy atom. The van der Waals surface area contributed by atoms with E-state index in [2.05, 4.69) is 10.0 Å². The number of carboxylic acids is 1. The van der Waals surface area contributed by atoms with Crippen molar-refractivity contribution < 1.29 is 23.1 Å². The highest BCUT2D eigenvalue weighted by atomic mass is 32.2. The van der Waals surface area contributed by atoms with Crippen molar-refractivity contribution in [1.29, 1.82) is 0 Å². The van der Waals surface area contributed by atoms with Crippen LogP contribution in [0.25, 0.3) is 0 Å². The Morgan fingerprint density at radius 2 is 1.80 bits per heavy atom. The number of sulfonamides is 1. The summed E-state index contributed by atoms with van der Waals surface area (Å²) in [5.74, 6) is -1.73. The smallest absolute Gasteiger partial charge is 0.325 e. The van der Waals surface area contributed by atoms with Crippen LogP contribution < -0.4 is 10.0 Å². The second-order valence-corrected chi connectivity index (χ2v) is 5.83. The largest absolute Gasteiger partial charge is 0.480 e. The van der Waals surface area contributed by atoms with Gasteiger partial charge in [-0.3, -0.25) is 9.59 Å². The van der Waals surface area contributed by atoms with Crippen molar-refractivity contribution in [2.45, 2.75) is 24.8 Å². The van der Waals surface area contributed by atoms with Crippen LogP contribution in [0.4, 0.5) is 0 Å². The van der Waals surface area contributed by atoms with Gasteiger partial charge in [0.05, 0.1) is 4.90 Å². The summed E-state index contributed by atoms with van der Waals surface area (Å²) in [6.07, 6.45) is 0. The van der Waals surface area contributed by atoms with Crippen LogP contribution in [0.2, 0.25) is 0 Å². The number of rotatable bonds is 6. The van der Waals surface area contributed by atoms with Gasteiger partial charge in [0.25, 0.3) is 5.91 Å². The molecule has 7 nitrogen and oxygen atoms in total. The van der Waals surface area contributed by atoms with E-state index in [1.54, 1.807) is 6.92 Å². The number of nitrogens with one attached hydrogen (secondary N) is 2. The van der Waals surface area contributed by atoms with E-state index in [1.165, 1.54) is 31.2 Å². The van der Waals surface area contributed by atoms with Crippen molar-refractivity contribution in [2.24, 2.45) is 0 Å². The second-order valence-electron chi connectivity index (χ2n) is 4.06. The van der Waals surface area contributed by atoms with Crippen LogP contribution in [0.3, 0.4) is 0 Å². The lowest BCUT2D eigenvalue weighted by atomic mass is 10.2. The molecule has 1 aromatic rings. The van der Waals surface area contributed by atoms with Gasteiger partial charge in [-0.25, -0.2) is 13.1 Å². The molecule has 1 rings (SSSR count). The molecule has 0 aliphatic rings. The highest BCUT2D eigenvalue weighted by Gasteiger charge is 2.17. The lowest BCUT2D eigenvalue weighted by molar-refractivity contribution is -0.138. The standard InChI is InChI=1S/C12H16N2O5S/c1-3-13-20(18,19)10-6-4-9(5-7-10)11(15)14-8(2)12(16)17/h4-8,13H,3H2,1-2H3,(H,14,15)(H,16,17)/t8-/m1/s1. The number of benzene rings is 1. The fraction of sp³-hybridized carbons (Fsp3) is 0.333. The van der Waals surface area contributed by atoms with Crippen molar-refractivity contribution in [3.8, 4) is 0 Å². The zero-order valence-corrected chi connectivity index (χ0v) is 11.9. The van der Waals surface area contributed by atoms with Gasteiger partial charge in [0.1, 0.15) is 6.04 Å². The van der Waals surface area contributed by atoms with Crippen molar-refractivity contribution in [3.63, 3.8) is 0 Å². The summed E-state index contributed by atoms with van der Waals surface area (Å²) >= 11 is 0. The topological polar surface area (TPSA) is 113 Å². The van der Waals surface area contributed by atoms with Crippen molar-refractivity contribution in [1.82, 2.24) is 10.0 Å². The van der Waals surface area contributed by atoms with E-state index in [-0.39, 0.29) is 17.0 Å². The Balaban J connectivity index is 2.87. The van der Waals surface area contributed by atoms with Crippen LogP contribution in [-0.2, 0) is 14.8 Å². The first-order valence-electron chi connectivity index (χ1n) is 5.91. The Bertz CT molecular complexity index is 595. The van der Waals surface area contributed by atoms with Gasteiger partial charge in [-0.05, 0) is 31.2 Å². The van der Waals surface area contributed by atoms with Crippen LogP contribution in [-0.4, -0.2) is 38.0 Å². The molecule has 0 heterocycles. The molecule has 1 atom stereocenters. The van der Waals surface area contributed by atoms with E-state index in [0.29, 0.717) is 0 Å². The van der Waals surface area contributed by atoms with Crippen LogP contribution >= 0.6 is 0 Å². The molecule has 0 aliphatic heterocycles. The summed E-state index contributed by atoms with van der Waals surface area (Å²) in [4.78, 5) is 22.4. The lowest BCUT2D eigenvalue weighted by Gasteiger charge is -2.10. The van der Waals surface area contributed by atoms with E-state index < -0.39 is 27.9 Å². The van der Waals surface area contributed by atoms with E-state index in [1.807, 2.05) is 0 Å². The minimum Gasteiger partial charge on any atom is -0.480 e. The van der Waals surface area contributed by atoms with Crippen LogP contribution in [0.5, 0.6) is 0 Å². The Kier molecular flexibility index (Phi) is 5.23. The normalized spacial score (nSPS) is 12.7. The molecular formula is C12H16N2O5S. The third kappa shape index (κ3) is 4.04. The quantitative estimate of drug-likeness (QED) is 0.694. The van der Waals surface area contributed by atoms with Crippen molar-refractivity contribution in [3.05, 3.63) is 29.8 Å². The Labute approximate surface area is 117 Å². The summed E-state index contributed by atoms with van der Waals surface area (Å²) in [5, 5.41) is 11.0. The summed E-state index contributed by atoms with van der Waals surface area (Å²) in [7, 11) is -3.57. The number of carbonyl (C=O) groups is 2. The zero-order valence-electron chi connectivity index (χ0n) is 11.1. The van der Waals surface area contributed by atoms with Gasteiger partial charge in [-0.15, -0.1) is 0 Å². The van der Waals surface area contributed by atoms with Crippen molar-refractivity contribution in [2.75, 3.05) is 6.54 Å². The molecule has 0 bridgehead atoms. The second kappa shape index (κ2) is 6.49. The first-order valence-corrected chi connectivity index (χ1v) is 7.39. The maximum absolute atomic E-state index is 11.7. The maximum atomic E-state index is 11.7. The number of carbonyl (C=O) groups excluding carboxylic acids is 1. The minimum absolute atomic E-state index is 0.0437. The molecule has 3 N–H and O–H groups in total. The number of carboxylic acid groups (broad SMARTS) is 1. The van der Waals surface area contributed by atoms with Gasteiger partial charge in [0, 0.05) is 12.1 Å². The molecule has 0 saturated heterocycles. The molecular weight excluding hydrogens is 284 g/mol. The fourth-order valence-electron chi connectivity index (χ4n) is 1.40. The summed E-state index contributed by atoms with van der Waals surface area (Å²) < 4.78 is 25.7. The van der Waals surface area contributed by atoms with Gasteiger partial charge in [0.15, 0.2) is 0 Å². The molecule has 0 fully saturated rings. The van der Waals surface area contributed by atoms with Gasteiger partial charge >= 0.3 is 5.97 Å². The third-order valence-electron chi connectivity index (χ3n) is 2.48. The van der Waals surface area contributed by atoms with Crippen LogP contribution in [0.1, 0.15) is 24.2 Å². The molecule has 8 heteroatoms. The predicted molar refractivity (Wildman–Crippen MR) is 71.9 cm³/mol. The molecule has 0 aliphatic carbocycles. The lowest BCUT2D eigenvalue weighted by Crippen LogP contribution is -2.38. The zero-order chi connectivity index (χ0) is 15.3. The molecule has 0 radical (unpaired) electrons. The average Bonchev–Trinajstić information content (AvgIpc) is 2.38. The maximum Gasteiger partial charge on any atom is 0.325 e. The number of hydrogen-bond acceptors (Lipinski definition) is 4. The molecule has 0 unspecified atom stereocenters. The Hall–Kier alpha value is -1.93. The summed E-state index contributed by atoms with van der Waals surface area (Å²) in [6, 6.07) is 4.21. The van der Waals surface area contributed by atoms with Gasteiger partial charge in [-0.1, -0.05) is 6.92 Å². The van der Waals surface area contributed by atoms with Gasteiger partial charge < -0.3 is 10.4 Å². The average molecular weight is 300 g/mol. The monoisotopic (exact) mass is 300 g/mol. The van der Waals surface area contributed by atoms with E-state index >= 15 is 0 Å². The van der Waals surface area contributed by atoms with E-state index in [9.17, 15) is 18.0 Å². The molecule has 0 spiro atoms.